The molecule has 8 heteroatoms. The molecule has 2 heterocycles. The van der Waals surface area contributed by atoms with Gasteiger partial charge in [0.1, 0.15) is 5.75 Å². The minimum absolute atomic E-state index is 0.260. The molecule has 3 aromatic carbocycles. The predicted octanol–water partition coefficient (Wildman–Crippen LogP) is 5.76. The monoisotopic (exact) mass is 423 g/mol. The van der Waals surface area contributed by atoms with E-state index in [1.807, 2.05) is 53.6 Å². The first kappa shape index (κ1) is 19.0. The second kappa shape index (κ2) is 7.39. The molecule has 5 nitrogen and oxygen atoms in total. The summed E-state index contributed by atoms with van der Waals surface area (Å²) in [5, 5.41) is 8.37. The van der Waals surface area contributed by atoms with E-state index in [1.165, 1.54) is 12.1 Å². The molecule has 0 bridgehead atoms. The van der Waals surface area contributed by atoms with Crippen LogP contribution < -0.4 is 15.0 Å². The van der Waals surface area contributed by atoms with Crippen molar-refractivity contribution < 1.29 is 22.4 Å². The molecule has 0 unspecified atom stereocenters. The lowest BCUT2D eigenvalue weighted by Crippen LogP contribution is -2.20. The molecule has 0 aliphatic carbocycles. The van der Waals surface area contributed by atoms with Gasteiger partial charge in [-0.15, -0.1) is 13.2 Å². The molecule has 1 aliphatic rings. The van der Waals surface area contributed by atoms with Crippen molar-refractivity contribution >= 4 is 22.5 Å². The molecule has 1 aromatic heterocycles. The average molecular weight is 423 g/mol. The van der Waals surface area contributed by atoms with Gasteiger partial charge in [-0.1, -0.05) is 53.7 Å². The summed E-state index contributed by atoms with van der Waals surface area (Å²) < 4.78 is 46.5. The minimum Gasteiger partial charge on any atom is -0.406 e. The first-order valence-electron chi connectivity index (χ1n) is 9.50. The molecular formula is C23H16F3N3O2. The highest BCUT2D eigenvalue weighted by Crippen LogP contribution is 2.33. The van der Waals surface area contributed by atoms with Gasteiger partial charge in [-0.05, 0) is 41.0 Å². The highest BCUT2D eigenvalue weighted by Gasteiger charge is 2.31. The first-order valence-corrected chi connectivity index (χ1v) is 9.50. The zero-order chi connectivity index (χ0) is 21.4. The maximum atomic E-state index is 12.4. The summed E-state index contributed by atoms with van der Waals surface area (Å²) in [5.74, 6) is 0.400. The van der Waals surface area contributed by atoms with Gasteiger partial charge in [0, 0.05) is 6.20 Å². The van der Waals surface area contributed by atoms with E-state index >= 15 is 0 Å². The van der Waals surface area contributed by atoms with Crippen LogP contribution in [0.3, 0.4) is 0 Å². The van der Waals surface area contributed by atoms with E-state index < -0.39 is 6.36 Å². The van der Waals surface area contributed by atoms with Crippen LogP contribution in [-0.4, -0.2) is 18.2 Å². The predicted molar refractivity (Wildman–Crippen MR) is 111 cm³/mol. The van der Waals surface area contributed by atoms with Crippen molar-refractivity contribution in [3.63, 3.8) is 0 Å². The lowest BCUT2D eigenvalue weighted by Gasteiger charge is -2.11. The zero-order valence-electron chi connectivity index (χ0n) is 16.1. The Hall–Kier alpha value is -3.94. The summed E-state index contributed by atoms with van der Waals surface area (Å²) in [6.07, 6.45) is -2.74. The average Bonchev–Trinajstić information content (AvgIpc) is 3.40. The van der Waals surface area contributed by atoms with Crippen LogP contribution >= 0.6 is 0 Å². The highest BCUT2D eigenvalue weighted by molar-refractivity contribution is 5.93. The van der Waals surface area contributed by atoms with Gasteiger partial charge >= 0.3 is 6.36 Å². The fourth-order valence-corrected chi connectivity index (χ4v) is 3.51. The second-order valence-corrected chi connectivity index (χ2v) is 7.00. The van der Waals surface area contributed by atoms with Crippen LogP contribution in [0.2, 0.25) is 0 Å². The van der Waals surface area contributed by atoms with E-state index in [9.17, 15) is 13.2 Å². The number of alkyl halides is 3. The van der Waals surface area contributed by atoms with E-state index in [-0.39, 0.29) is 5.75 Å². The Labute approximate surface area is 175 Å². The normalized spacial score (nSPS) is 13.9. The summed E-state index contributed by atoms with van der Waals surface area (Å²) in [6.45, 7) is 0.541. The molecule has 0 saturated carbocycles. The van der Waals surface area contributed by atoms with Crippen molar-refractivity contribution in [2.75, 3.05) is 11.6 Å². The Balaban J connectivity index is 1.45. The van der Waals surface area contributed by atoms with Crippen LogP contribution in [-0.2, 0) is 0 Å². The second-order valence-electron chi connectivity index (χ2n) is 7.00. The summed E-state index contributed by atoms with van der Waals surface area (Å²) in [7, 11) is 0. The standard InChI is InChI=1S/C23H16F3N3O2/c24-23(25,26)30-18-9-6-15(7-10-18)17-8-11-21-19(12-17)22(28-31-21)29-13-20(27-14-29)16-4-2-1-3-5-16/h1-13,27H,14H2. The number of nitrogens with zero attached hydrogens (tertiary/aromatic N) is 2. The van der Waals surface area contributed by atoms with Crippen molar-refractivity contribution in [1.29, 1.82) is 0 Å². The highest BCUT2D eigenvalue weighted by atomic mass is 19.4. The van der Waals surface area contributed by atoms with Gasteiger partial charge in [-0.25, -0.2) is 0 Å². The van der Waals surface area contributed by atoms with Gasteiger partial charge < -0.3 is 19.5 Å². The van der Waals surface area contributed by atoms with Crippen LogP contribution in [0.4, 0.5) is 19.0 Å². The van der Waals surface area contributed by atoms with Gasteiger partial charge in [0.2, 0.25) is 0 Å². The van der Waals surface area contributed by atoms with Crippen molar-refractivity contribution in [2.45, 2.75) is 6.36 Å². The van der Waals surface area contributed by atoms with Crippen molar-refractivity contribution in [3.05, 3.63) is 84.6 Å². The number of hydrogen-bond donors (Lipinski definition) is 1. The van der Waals surface area contributed by atoms with Crippen LogP contribution in [0.1, 0.15) is 5.56 Å². The smallest absolute Gasteiger partial charge is 0.406 e. The maximum absolute atomic E-state index is 12.4. The van der Waals surface area contributed by atoms with Gasteiger partial charge in [0.05, 0.1) is 17.8 Å². The molecule has 0 atom stereocenters. The van der Waals surface area contributed by atoms with Crippen LogP contribution in [0.25, 0.3) is 27.8 Å². The molecular weight excluding hydrogens is 407 g/mol. The van der Waals surface area contributed by atoms with E-state index in [1.54, 1.807) is 18.2 Å². The maximum Gasteiger partial charge on any atom is 0.573 e. The molecule has 5 rings (SSSR count). The number of aromatic nitrogens is 1. The Bertz CT molecular complexity index is 1250. The van der Waals surface area contributed by atoms with Crippen LogP contribution in [0, 0.1) is 0 Å². The van der Waals surface area contributed by atoms with E-state index in [0.29, 0.717) is 18.1 Å². The quantitative estimate of drug-likeness (QED) is 0.452. The zero-order valence-corrected chi connectivity index (χ0v) is 16.1. The lowest BCUT2D eigenvalue weighted by atomic mass is 10.0. The van der Waals surface area contributed by atoms with Gasteiger partial charge in [-0.2, -0.15) is 0 Å². The summed E-state index contributed by atoms with van der Waals surface area (Å²) in [6, 6.07) is 21.3. The summed E-state index contributed by atoms with van der Waals surface area (Å²) in [5.41, 5.74) is 4.25. The Morgan fingerprint density at radius 1 is 0.903 bits per heavy atom. The number of benzene rings is 3. The van der Waals surface area contributed by atoms with Crippen LogP contribution in [0.5, 0.6) is 5.75 Å². The Kier molecular flexibility index (Phi) is 4.54. The summed E-state index contributed by atoms with van der Waals surface area (Å²) >= 11 is 0. The topological polar surface area (TPSA) is 50.5 Å². The van der Waals surface area contributed by atoms with Gasteiger partial charge in [0.15, 0.2) is 11.4 Å². The minimum atomic E-state index is -4.71. The molecule has 0 saturated heterocycles. The lowest BCUT2D eigenvalue weighted by molar-refractivity contribution is -0.274. The first-order chi connectivity index (χ1) is 15.0. The molecule has 0 amide bonds. The molecule has 0 spiro atoms. The number of hydrogen-bond acceptors (Lipinski definition) is 5. The fourth-order valence-electron chi connectivity index (χ4n) is 3.51. The number of nitrogens with one attached hydrogen (secondary N) is 1. The molecule has 1 N–H and O–H groups in total. The molecule has 156 valence electrons. The molecule has 4 aromatic rings. The van der Waals surface area contributed by atoms with Gasteiger partial charge in [-0.3, -0.25) is 0 Å². The SMILES string of the molecule is FC(F)(F)Oc1ccc(-c2ccc3onc(N4C=C(c5ccccc5)NC4)c3c2)cc1. The molecule has 0 fully saturated rings. The third-order valence-electron chi connectivity index (χ3n) is 4.95. The number of anilines is 1. The largest absolute Gasteiger partial charge is 0.573 e. The van der Waals surface area contributed by atoms with E-state index in [4.69, 9.17) is 4.52 Å². The van der Waals surface area contributed by atoms with E-state index in [2.05, 4.69) is 15.2 Å². The third-order valence-corrected chi connectivity index (χ3v) is 4.95. The Morgan fingerprint density at radius 3 is 2.39 bits per heavy atom. The number of fused-ring (bicyclic) bond motifs is 1. The van der Waals surface area contributed by atoms with Crippen molar-refractivity contribution in [2.24, 2.45) is 0 Å². The van der Waals surface area contributed by atoms with Crippen molar-refractivity contribution in [3.8, 4) is 16.9 Å². The molecule has 0 radical (unpaired) electrons. The van der Waals surface area contributed by atoms with E-state index in [0.717, 1.165) is 27.8 Å². The number of ether oxygens (including phenoxy) is 1. The van der Waals surface area contributed by atoms with Gasteiger partial charge in [0.25, 0.3) is 0 Å². The van der Waals surface area contributed by atoms with Crippen LogP contribution in [0.15, 0.2) is 83.5 Å². The number of halogens is 3. The summed E-state index contributed by atoms with van der Waals surface area (Å²) in [4.78, 5) is 1.96. The third kappa shape index (κ3) is 3.92. The molecule has 31 heavy (non-hydrogen) atoms. The van der Waals surface area contributed by atoms with Crippen molar-refractivity contribution in [1.82, 2.24) is 10.5 Å². The fraction of sp³-hybridized carbons (Fsp3) is 0.0870. The Morgan fingerprint density at radius 2 is 1.65 bits per heavy atom. The molecule has 1 aliphatic heterocycles. The number of rotatable bonds is 4.